The van der Waals surface area contributed by atoms with Crippen molar-refractivity contribution in [3.8, 4) is 0 Å². The van der Waals surface area contributed by atoms with E-state index in [2.05, 4.69) is 10.2 Å². The van der Waals surface area contributed by atoms with E-state index in [1.807, 2.05) is 6.07 Å². The number of nitrogens with one attached hydrogen (secondary N) is 1. The number of carbonyl (C=O) groups is 1. The van der Waals surface area contributed by atoms with E-state index in [0.29, 0.717) is 5.56 Å². The number of halogens is 1. The standard InChI is InChI=1S/C14H20FN3O/c1-10(19)17-12-4-6-18(7-5-12)13-3-2-11(9-16)14(15)8-13/h2-3,8,12H,4-7,9,16H2,1H3,(H,17,19). The summed E-state index contributed by atoms with van der Waals surface area (Å²) in [5.74, 6) is -0.235. The summed E-state index contributed by atoms with van der Waals surface area (Å²) in [6.45, 7) is 3.41. The molecule has 1 aromatic carbocycles. The van der Waals surface area contributed by atoms with Gasteiger partial charge < -0.3 is 16.0 Å². The highest BCUT2D eigenvalue weighted by molar-refractivity contribution is 5.73. The molecule has 0 aromatic heterocycles. The number of hydrogen-bond donors (Lipinski definition) is 2. The van der Waals surface area contributed by atoms with Crippen LogP contribution in [0.3, 0.4) is 0 Å². The predicted molar refractivity (Wildman–Crippen MR) is 73.3 cm³/mol. The van der Waals surface area contributed by atoms with Crippen LogP contribution in [-0.4, -0.2) is 25.0 Å². The molecule has 0 saturated carbocycles. The lowest BCUT2D eigenvalue weighted by atomic mass is 10.0. The number of anilines is 1. The molecule has 0 radical (unpaired) electrons. The number of hydrogen-bond acceptors (Lipinski definition) is 3. The summed E-state index contributed by atoms with van der Waals surface area (Å²) >= 11 is 0. The molecule has 0 unspecified atom stereocenters. The molecule has 5 heteroatoms. The van der Waals surface area contributed by atoms with Gasteiger partial charge in [-0.15, -0.1) is 0 Å². The Bertz CT molecular complexity index is 456. The van der Waals surface area contributed by atoms with Crippen LogP contribution in [-0.2, 0) is 11.3 Å². The van der Waals surface area contributed by atoms with Crippen molar-refractivity contribution < 1.29 is 9.18 Å². The van der Waals surface area contributed by atoms with E-state index < -0.39 is 0 Å². The topological polar surface area (TPSA) is 58.4 Å². The normalized spacial score (nSPS) is 16.5. The van der Waals surface area contributed by atoms with Crippen molar-refractivity contribution in [3.63, 3.8) is 0 Å². The zero-order valence-electron chi connectivity index (χ0n) is 11.2. The second kappa shape index (κ2) is 6.02. The molecular formula is C14H20FN3O. The van der Waals surface area contributed by atoms with E-state index >= 15 is 0 Å². The van der Waals surface area contributed by atoms with Gasteiger partial charge >= 0.3 is 0 Å². The molecule has 1 aromatic rings. The Morgan fingerprint density at radius 1 is 1.47 bits per heavy atom. The first-order valence-corrected chi connectivity index (χ1v) is 6.60. The smallest absolute Gasteiger partial charge is 0.217 e. The predicted octanol–water partition coefficient (Wildman–Crippen LogP) is 1.39. The summed E-state index contributed by atoms with van der Waals surface area (Å²) in [5, 5.41) is 2.93. The van der Waals surface area contributed by atoms with Crippen LogP contribution in [0, 0.1) is 5.82 Å². The van der Waals surface area contributed by atoms with Crippen LogP contribution in [0.2, 0.25) is 0 Å². The van der Waals surface area contributed by atoms with Crippen LogP contribution in [0.25, 0.3) is 0 Å². The van der Waals surface area contributed by atoms with Crippen molar-refractivity contribution in [3.05, 3.63) is 29.6 Å². The van der Waals surface area contributed by atoms with Gasteiger partial charge in [0.05, 0.1) is 0 Å². The third kappa shape index (κ3) is 3.44. The lowest BCUT2D eigenvalue weighted by Gasteiger charge is -2.34. The van der Waals surface area contributed by atoms with E-state index in [4.69, 9.17) is 5.73 Å². The first kappa shape index (κ1) is 13.8. The van der Waals surface area contributed by atoms with E-state index in [-0.39, 0.29) is 24.3 Å². The SMILES string of the molecule is CC(=O)NC1CCN(c2ccc(CN)c(F)c2)CC1. The first-order valence-electron chi connectivity index (χ1n) is 6.60. The van der Waals surface area contributed by atoms with E-state index in [0.717, 1.165) is 31.6 Å². The van der Waals surface area contributed by atoms with Crippen LogP contribution in [0.4, 0.5) is 10.1 Å². The van der Waals surface area contributed by atoms with Crippen molar-refractivity contribution in [2.24, 2.45) is 5.73 Å². The van der Waals surface area contributed by atoms with Gasteiger partial charge in [-0.25, -0.2) is 4.39 Å². The Balaban J connectivity index is 1.97. The molecule has 1 amide bonds. The Labute approximate surface area is 112 Å². The molecule has 104 valence electrons. The van der Waals surface area contributed by atoms with Crippen molar-refractivity contribution in [2.75, 3.05) is 18.0 Å². The maximum absolute atomic E-state index is 13.7. The summed E-state index contributed by atoms with van der Waals surface area (Å²) < 4.78 is 13.7. The maximum atomic E-state index is 13.7. The number of nitrogens with zero attached hydrogens (tertiary/aromatic N) is 1. The van der Waals surface area contributed by atoms with Gasteiger partial charge in [0, 0.05) is 43.9 Å². The highest BCUT2D eigenvalue weighted by Crippen LogP contribution is 2.22. The number of carbonyl (C=O) groups excluding carboxylic acids is 1. The molecule has 19 heavy (non-hydrogen) atoms. The zero-order chi connectivity index (χ0) is 13.8. The van der Waals surface area contributed by atoms with Gasteiger partial charge in [-0.2, -0.15) is 0 Å². The molecular weight excluding hydrogens is 245 g/mol. The molecule has 1 aliphatic heterocycles. The van der Waals surface area contributed by atoms with Gasteiger partial charge in [-0.05, 0) is 25.0 Å². The van der Waals surface area contributed by atoms with Crippen LogP contribution in [0.15, 0.2) is 18.2 Å². The van der Waals surface area contributed by atoms with Crippen molar-refractivity contribution in [2.45, 2.75) is 32.4 Å². The van der Waals surface area contributed by atoms with Crippen molar-refractivity contribution in [1.29, 1.82) is 0 Å². The summed E-state index contributed by atoms with van der Waals surface area (Å²) in [5.41, 5.74) is 6.87. The van der Waals surface area contributed by atoms with Gasteiger partial charge in [0.1, 0.15) is 5.82 Å². The average Bonchev–Trinajstić information content (AvgIpc) is 2.39. The lowest BCUT2D eigenvalue weighted by Crippen LogP contribution is -2.44. The Morgan fingerprint density at radius 2 is 2.16 bits per heavy atom. The molecule has 3 N–H and O–H groups in total. The summed E-state index contributed by atoms with van der Waals surface area (Å²) in [7, 11) is 0. The van der Waals surface area contributed by atoms with Crippen LogP contribution in [0.5, 0.6) is 0 Å². The van der Waals surface area contributed by atoms with Gasteiger partial charge in [-0.3, -0.25) is 4.79 Å². The number of piperidine rings is 1. The number of amides is 1. The maximum Gasteiger partial charge on any atom is 0.217 e. The molecule has 0 bridgehead atoms. The molecule has 1 fully saturated rings. The molecule has 0 spiro atoms. The second-order valence-electron chi connectivity index (χ2n) is 4.94. The van der Waals surface area contributed by atoms with Crippen LogP contribution in [0.1, 0.15) is 25.3 Å². The van der Waals surface area contributed by atoms with Gasteiger partial charge in [-0.1, -0.05) is 6.07 Å². The average molecular weight is 265 g/mol. The summed E-state index contributed by atoms with van der Waals surface area (Å²) in [6.07, 6.45) is 1.78. The number of benzene rings is 1. The zero-order valence-corrected chi connectivity index (χ0v) is 11.2. The highest BCUT2D eigenvalue weighted by Gasteiger charge is 2.20. The summed E-state index contributed by atoms with van der Waals surface area (Å²) in [6, 6.07) is 5.43. The Kier molecular flexibility index (Phi) is 4.37. The fourth-order valence-corrected chi connectivity index (χ4v) is 2.47. The minimum Gasteiger partial charge on any atom is -0.371 e. The fourth-order valence-electron chi connectivity index (χ4n) is 2.47. The first-order chi connectivity index (χ1) is 9.10. The summed E-state index contributed by atoms with van der Waals surface area (Å²) in [4.78, 5) is 13.1. The van der Waals surface area contributed by atoms with Crippen molar-refractivity contribution >= 4 is 11.6 Å². The Morgan fingerprint density at radius 3 is 2.68 bits per heavy atom. The minimum atomic E-state index is -0.246. The van der Waals surface area contributed by atoms with Crippen LogP contribution < -0.4 is 16.0 Å². The monoisotopic (exact) mass is 265 g/mol. The third-order valence-electron chi connectivity index (χ3n) is 3.52. The second-order valence-corrected chi connectivity index (χ2v) is 4.94. The molecule has 0 atom stereocenters. The molecule has 2 rings (SSSR count). The fraction of sp³-hybridized carbons (Fsp3) is 0.500. The quantitative estimate of drug-likeness (QED) is 0.868. The van der Waals surface area contributed by atoms with E-state index in [1.54, 1.807) is 12.1 Å². The molecule has 1 heterocycles. The number of nitrogens with two attached hydrogens (primary N) is 1. The molecule has 4 nitrogen and oxygen atoms in total. The highest BCUT2D eigenvalue weighted by atomic mass is 19.1. The lowest BCUT2D eigenvalue weighted by molar-refractivity contribution is -0.119. The largest absolute Gasteiger partial charge is 0.371 e. The van der Waals surface area contributed by atoms with Gasteiger partial charge in [0.15, 0.2) is 0 Å². The van der Waals surface area contributed by atoms with Gasteiger partial charge in [0.25, 0.3) is 0 Å². The van der Waals surface area contributed by atoms with E-state index in [9.17, 15) is 9.18 Å². The molecule has 0 aliphatic carbocycles. The Hall–Kier alpha value is -1.62. The number of rotatable bonds is 3. The molecule has 1 aliphatic rings. The van der Waals surface area contributed by atoms with Crippen LogP contribution >= 0.6 is 0 Å². The third-order valence-corrected chi connectivity index (χ3v) is 3.52. The molecule has 1 saturated heterocycles. The van der Waals surface area contributed by atoms with Gasteiger partial charge in [0.2, 0.25) is 5.91 Å². The minimum absolute atomic E-state index is 0.0109. The van der Waals surface area contributed by atoms with E-state index in [1.165, 1.54) is 6.92 Å². The van der Waals surface area contributed by atoms with Crippen molar-refractivity contribution in [1.82, 2.24) is 5.32 Å².